The molecule has 7 heteroatoms. The second-order valence-corrected chi connectivity index (χ2v) is 4.87. The lowest BCUT2D eigenvalue weighted by atomic mass is 10.0. The van der Waals surface area contributed by atoms with Crippen LogP contribution in [0.5, 0.6) is 0 Å². The standard InChI is InChI=1S/C13H7BrF5N/c14-8-3-4-9(15)11(12(8)16)7-2-1-6(5-10(7)20)13(17,18)19/h1-5H,20H2. The van der Waals surface area contributed by atoms with E-state index in [0.29, 0.717) is 6.07 Å². The van der Waals surface area contributed by atoms with Crippen molar-refractivity contribution >= 4 is 21.6 Å². The number of benzene rings is 2. The summed E-state index contributed by atoms with van der Waals surface area (Å²) in [6, 6.07) is 4.49. The fourth-order valence-corrected chi connectivity index (χ4v) is 2.07. The summed E-state index contributed by atoms with van der Waals surface area (Å²) in [4.78, 5) is 0. The molecule has 0 saturated heterocycles. The molecule has 0 spiro atoms. The van der Waals surface area contributed by atoms with E-state index in [1.165, 1.54) is 0 Å². The lowest BCUT2D eigenvalue weighted by molar-refractivity contribution is -0.137. The van der Waals surface area contributed by atoms with E-state index in [9.17, 15) is 22.0 Å². The van der Waals surface area contributed by atoms with E-state index in [4.69, 9.17) is 5.73 Å². The summed E-state index contributed by atoms with van der Waals surface area (Å²) >= 11 is 2.89. The van der Waals surface area contributed by atoms with Gasteiger partial charge in [0.25, 0.3) is 0 Å². The van der Waals surface area contributed by atoms with E-state index < -0.39 is 28.9 Å². The zero-order chi connectivity index (χ0) is 15.1. The third-order valence-corrected chi connectivity index (χ3v) is 3.30. The highest BCUT2D eigenvalue weighted by Crippen LogP contribution is 2.37. The summed E-state index contributed by atoms with van der Waals surface area (Å²) < 4.78 is 65.1. The van der Waals surface area contributed by atoms with Crippen LogP contribution in [0.4, 0.5) is 27.6 Å². The van der Waals surface area contributed by atoms with Crippen molar-refractivity contribution in [3.63, 3.8) is 0 Å². The van der Waals surface area contributed by atoms with Gasteiger partial charge in [0, 0.05) is 11.3 Å². The SMILES string of the molecule is Nc1cc(C(F)(F)F)ccc1-c1c(F)ccc(Br)c1F. The molecule has 0 bridgehead atoms. The predicted molar refractivity (Wildman–Crippen MR) is 68.9 cm³/mol. The van der Waals surface area contributed by atoms with Crippen molar-refractivity contribution in [1.29, 1.82) is 0 Å². The minimum Gasteiger partial charge on any atom is -0.398 e. The first-order valence-electron chi connectivity index (χ1n) is 5.32. The molecule has 0 aliphatic heterocycles. The van der Waals surface area contributed by atoms with E-state index in [2.05, 4.69) is 15.9 Å². The van der Waals surface area contributed by atoms with Crippen LogP contribution in [0.2, 0.25) is 0 Å². The number of anilines is 1. The third-order valence-electron chi connectivity index (χ3n) is 2.69. The third kappa shape index (κ3) is 2.63. The van der Waals surface area contributed by atoms with Gasteiger partial charge in [0.05, 0.1) is 15.6 Å². The minimum absolute atomic E-state index is 0.00630. The van der Waals surface area contributed by atoms with E-state index in [1.807, 2.05) is 0 Å². The molecule has 0 radical (unpaired) electrons. The molecule has 0 heterocycles. The maximum atomic E-state index is 13.9. The number of hydrogen-bond acceptors (Lipinski definition) is 1. The van der Waals surface area contributed by atoms with Crippen molar-refractivity contribution < 1.29 is 22.0 Å². The Hall–Kier alpha value is -1.63. The van der Waals surface area contributed by atoms with Crippen LogP contribution in [-0.4, -0.2) is 0 Å². The molecular weight excluding hydrogens is 345 g/mol. The highest BCUT2D eigenvalue weighted by atomic mass is 79.9. The van der Waals surface area contributed by atoms with Gasteiger partial charge in [0.1, 0.15) is 11.6 Å². The van der Waals surface area contributed by atoms with Crippen molar-refractivity contribution in [1.82, 2.24) is 0 Å². The Balaban J connectivity index is 2.64. The van der Waals surface area contributed by atoms with Gasteiger partial charge in [0.2, 0.25) is 0 Å². The van der Waals surface area contributed by atoms with Crippen molar-refractivity contribution in [2.75, 3.05) is 5.73 Å². The molecule has 2 N–H and O–H groups in total. The summed E-state index contributed by atoms with van der Waals surface area (Å²) in [5.74, 6) is -1.83. The Labute approximate surface area is 119 Å². The molecule has 106 valence electrons. The van der Waals surface area contributed by atoms with E-state index in [1.54, 1.807) is 0 Å². The van der Waals surface area contributed by atoms with Gasteiger partial charge in [0.15, 0.2) is 0 Å². The maximum absolute atomic E-state index is 13.9. The number of nitrogen functional groups attached to an aromatic ring is 1. The minimum atomic E-state index is -4.57. The molecule has 1 nitrogen and oxygen atoms in total. The van der Waals surface area contributed by atoms with Crippen LogP contribution in [0, 0.1) is 11.6 Å². The van der Waals surface area contributed by atoms with E-state index in [-0.39, 0.29) is 15.7 Å². The number of hydrogen-bond donors (Lipinski definition) is 1. The Morgan fingerprint density at radius 2 is 1.65 bits per heavy atom. The number of rotatable bonds is 1. The van der Waals surface area contributed by atoms with E-state index in [0.717, 1.165) is 24.3 Å². The molecule has 0 fully saturated rings. The highest BCUT2D eigenvalue weighted by Gasteiger charge is 2.31. The average Bonchev–Trinajstić information content (AvgIpc) is 2.35. The zero-order valence-corrected chi connectivity index (χ0v) is 11.3. The summed E-state index contributed by atoms with van der Waals surface area (Å²) in [6.07, 6.45) is -4.57. The van der Waals surface area contributed by atoms with E-state index >= 15 is 0 Å². The van der Waals surface area contributed by atoms with Gasteiger partial charge in [-0.2, -0.15) is 13.2 Å². The Kier molecular flexibility index (Phi) is 3.73. The highest BCUT2D eigenvalue weighted by molar-refractivity contribution is 9.10. The summed E-state index contributed by atoms with van der Waals surface area (Å²) in [5.41, 5.74) is 3.56. The van der Waals surface area contributed by atoms with Gasteiger partial charge < -0.3 is 5.73 Å². The van der Waals surface area contributed by atoms with Gasteiger partial charge in [-0.1, -0.05) is 6.07 Å². The van der Waals surface area contributed by atoms with Crippen molar-refractivity contribution in [2.24, 2.45) is 0 Å². The Morgan fingerprint density at radius 1 is 1.00 bits per heavy atom. The van der Waals surface area contributed by atoms with Crippen LogP contribution in [-0.2, 0) is 6.18 Å². The lowest BCUT2D eigenvalue weighted by Gasteiger charge is -2.12. The predicted octanol–water partition coefficient (Wildman–Crippen LogP) is 5.00. The van der Waals surface area contributed by atoms with Crippen LogP contribution in [0.25, 0.3) is 11.1 Å². The first kappa shape index (κ1) is 14.8. The van der Waals surface area contributed by atoms with Gasteiger partial charge in [-0.05, 0) is 40.2 Å². The van der Waals surface area contributed by atoms with Crippen LogP contribution in [0.3, 0.4) is 0 Å². The first-order chi connectivity index (χ1) is 9.21. The molecule has 2 rings (SSSR count). The molecule has 20 heavy (non-hydrogen) atoms. The fraction of sp³-hybridized carbons (Fsp3) is 0.0769. The van der Waals surface area contributed by atoms with Gasteiger partial charge in [-0.25, -0.2) is 8.78 Å². The zero-order valence-electron chi connectivity index (χ0n) is 9.73. The number of halogens is 6. The smallest absolute Gasteiger partial charge is 0.398 e. The largest absolute Gasteiger partial charge is 0.416 e. The van der Waals surface area contributed by atoms with Crippen molar-refractivity contribution in [3.8, 4) is 11.1 Å². The monoisotopic (exact) mass is 351 g/mol. The average molecular weight is 352 g/mol. The van der Waals surface area contributed by atoms with Crippen molar-refractivity contribution in [2.45, 2.75) is 6.18 Å². The second-order valence-electron chi connectivity index (χ2n) is 4.02. The van der Waals surface area contributed by atoms with Crippen molar-refractivity contribution in [3.05, 3.63) is 52.0 Å². The molecule has 0 amide bonds. The summed E-state index contributed by atoms with van der Waals surface area (Å²) in [7, 11) is 0. The summed E-state index contributed by atoms with van der Waals surface area (Å²) in [6.45, 7) is 0. The Morgan fingerprint density at radius 3 is 2.20 bits per heavy atom. The maximum Gasteiger partial charge on any atom is 0.416 e. The molecule has 2 aromatic rings. The van der Waals surface area contributed by atoms with Crippen LogP contribution in [0.1, 0.15) is 5.56 Å². The first-order valence-corrected chi connectivity index (χ1v) is 6.11. The molecule has 2 aromatic carbocycles. The van der Waals surface area contributed by atoms with Crippen LogP contribution < -0.4 is 5.73 Å². The number of nitrogens with two attached hydrogens (primary N) is 1. The van der Waals surface area contributed by atoms with Crippen LogP contribution >= 0.6 is 15.9 Å². The lowest BCUT2D eigenvalue weighted by Crippen LogP contribution is -2.06. The Bertz CT molecular complexity index is 667. The molecular formula is C13H7BrF5N. The quantitative estimate of drug-likeness (QED) is 0.437. The fourth-order valence-electron chi connectivity index (χ4n) is 1.74. The van der Waals surface area contributed by atoms with Crippen LogP contribution in [0.15, 0.2) is 34.8 Å². The van der Waals surface area contributed by atoms with Gasteiger partial charge in [-0.3, -0.25) is 0 Å². The molecule has 0 atom stereocenters. The molecule has 0 unspecified atom stereocenters. The van der Waals surface area contributed by atoms with Gasteiger partial charge >= 0.3 is 6.18 Å². The second kappa shape index (κ2) is 5.05. The molecule has 0 aromatic heterocycles. The molecule has 0 aliphatic carbocycles. The summed E-state index contributed by atoms with van der Waals surface area (Å²) in [5, 5.41) is 0. The normalized spacial score (nSPS) is 11.7. The number of alkyl halides is 3. The molecule has 0 saturated carbocycles. The van der Waals surface area contributed by atoms with Gasteiger partial charge in [-0.15, -0.1) is 0 Å². The topological polar surface area (TPSA) is 26.0 Å². The molecule has 0 aliphatic rings.